The maximum atomic E-state index is 10.5. The van der Waals surface area contributed by atoms with Gasteiger partial charge in [0.2, 0.25) is 0 Å². The first kappa shape index (κ1) is 14.8. The lowest BCUT2D eigenvalue weighted by Crippen LogP contribution is -2.19. The van der Waals surface area contributed by atoms with Crippen molar-refractivity contribution in [2.45, 2.75) is 0 Å². The Labute approximate surface area is 121 Å². The number of rotatable bonds is 6. The van der Waals surface area contributed by atoms with E-state index in [9.17, 15) is 8.42 Å². The fourth-order valence-corrected chi connectivity index (χ4v) is 2.07. The quantitative estimate of drug-likeness (QED) is 0.805. The summed E-state index contributed by atoms with van der Waals surface area (Å²) in [5, 5.41) is 5.16. The molecule has 7 nitrogen and oxygen atoms in total. The van der Waals surface area contributed by atoms with E-state index in [1.54, 1.807) is 41.5 Å². The molecular weight excluding hydrogens is 306 g/mol. The second-order valence-electron chi connectivity index (χ2n) is 3.75. The van der Waals surface area contributed by atoms with Crippen LogP contribution in [0.3, 0.4) is 0 Å². The van der Waals surface area contributed by atoms with E-state index in [1.165, 1.54) is 0 Å². The Balaban J connectivity index is 1.96. The maximum absolute atomic E-state index is 10.5. The van der Waals surface area contributed by atoms with E-state index < -0.39 is 10.3 Å². The summed E-state index contributed by atoms with van der Waals surface area (Å²) in [6, 6.07) is 5.09. The van der Waals surface area contributed by atoms with E-state index in [2.05, 4.69) is 14.3 Å². The Bertz CT molecular complexity index is 673. The van der Waals surface area contributed by atoms with Crippen molar-refractivity contribution in [2.24, 2.45) is 5.14 Å². The van der Waals surface area contributed by atoms with Crippen LogP contribution in [-0.4, -0.2) is 31.2 Å². The summed E-state index contributed by atoms with van der Waals surface area (Å²) < 4.78 is 32.5. The molecule has 1 heterocycles. The van der Waals surface area contributed by atoms with Crippen molar-refractivity contribution >= 4 is 21.9 Å². The van der Waals surface area contributed by atoms with Crippen LogP contribution in [0.15, 0.2) is 36.9 Å². The lowest BCUT2D eigenvalue weighted by Gasteiger charge is -2.09. The minimum Gasteiger partial charge on any atom is -0.491 e. The molecule has 0 amide bonds. The van der Waals surface area contributed by atoms with Gasteiger partial charge in [0.1, 0.15) is 19.0 Å². The monoisotopic (exact) mass is 317 g/mol. The van der Waals surface area contributed by atoms with Crippen LogP contribution >= 0.6 is 11.6 Å². The Morgan fingerprint density at radius 3 is 2.75 bits per heavy atom. The van der Waals surface area contributed by atoms with Crippen molar-refractivity contribution in [3.8, 4) is 11.4 Å². The number of ether oxygens (including phenoxy) is 1. The zero-order chi connectivity index (χ0) is 14.6. The average Bonchev–Trinajstić information content (AvgIpc) is 2.87. The first-order chi connectivity index (χ1) is 9.46. The molecule has 0 radical (unpaired) electrons. The largest absolute Gasteiger partial charge is 0.491 e. The normalized spacial score (nSPS) is 11.5. The van der Waals surface area contributed by atoms with Crippen LogP contribution in [0.2, 0.25) is 5.02 Å². The predicted octanol–water partition coefficient (Wildman–Crippen LogP) is 1.12. The molecule has 0 atom stereocenters. The van der Waals surface area contributed by atoms with Crippen LogP contribution in [0, 0.1) is 0 Å². The van der Waals surface area contributed by atoms with Crippen LogP contribution in [0.4, 0.5) is 0 Å². The van der Waals surface area contributed by atoms with Gasteiger partial charge in [0, 0.05) is 18.5 Å². The molecule has 1 aromatic carbocycles. The number of halogens is 1. The molecule has 0 fully saturated rings. The lowest BCUT2D eigenvalue weighted by molar-refractivity contribution is 0.221. The Morgan fingerprint density at radius 1 is 1.35 bits per heavy atom. The molecule has 20 heavy (non-hydrogen) atoms. The first-order valence-electron chi connectivity index (χ1n) is 5.53. The molecule has 9 heteroatoms. The highest BCUT2D eigenvalue weighted by Gasteiger charge is 2.05. The molecule has 108 valence electrons. The van der Waals surface area contributed by atoms with Gasteiger partial charge in [-0.25, -0.2) is 10.1 Å². The van der Waals surface area contributed by atoms with E-state index in [0.29, 0.717) is 10.8 Å². The van der Waals surface area contributed by atoms with Crippen molar-refractivity contribution in [3.05, 3.63) is 41.9 Å². The molecule has 0 saturated heterocycles. The van der Waals surface area contributed by atoms with Gasteiger partial charge in [-0.15, -0.1) is 0 Å². The molecule has 0 spiro atoms. The SMILES string of the molecule is NS(=O)(=O)OCCOc1ccc(-n2ccnc2)c(Cl)c1. The van der Waals surface area contributed by atoms with Crippen LogP contribution in [0.5, 0.6) is 5.75 Å². The van der Waals surface area contributed by atoms with Crippen molar-refractivity contribution in [1.29, 1.82) is 0 Å². The standard InChI is InChI=1S/C11H12ClN3O4S/c12-10-7-9(18-5-6-19-20(13,16)17)1-2-11(10)15-4-3-14-8-15/h1-4,7-8H,5-6H2,(H2,13,16,17). The molecule has 1 aromatic heterocycles. The van der Waals surface area contributed by atoms with Crippen LogP contribution in [-0.2, 0) is 14.5 Å². The number of aromatic nitrogens is 2. The van der Waals surface area contributed by atoms with Crippen molar-refractivity contribution < 1.29 is 17.3 Å². The molecule has 0 aliphatic carbocycles. The summed E-state index contributed by atoms with van der Waals surface area (Å²) in [4.78, 5) is 3.93. The number of hydrogen-bond acceptors (Lipinski definition) is 5. The molecule has 2 N–H and O–H groups in total. The molecule has 2 rings (SSSR count). The third-order valence-electron chi connectivity index (χ3n) is 2.30. The second-order valence-corrected chi connectivity index (χ2v) is 5.37. The van der Waals surface area contributed by atoms with Crippen molar-refractivity contribution in [1.82, 2.24) is 9.55 Å². The number of benzene rings is 1. The van der Waals surface area contributed by atoms with E-state index in [1.807, 2.05) is 0 Å². The molecule has 2 aromatic rings. The highest BCUT2D eigenvalue weighted by Crippen LogP contribution is 2.25. The Kier molecular flexibility index (Phi) is 4.61. The minimum atomic E-state index is -3.94. The number of hydrogen-bond donors (Lipinski definition) is 1. The molecule has 0 aliphatic rings. The Morgan fingerprint density at radius 2 is 2.15 bits per heavy atom. The third kappa shape index (κ3) is 4.20. The molecular formula is C11H12ClN3O4S. The number of nitrogens with two attached hydrogens (primary N) is 1. The van der Waals surface area contributed by atoms with Gasteiger partial charge in [-0.2, -0.15) is 8.42 Å². The molecule has 0 saturated carbocycles. The first-order valence-corrected chi connectivity index (χ1v) is 7.38. The Hall–Kier alpha value is -1.61. The fraction of sp³-hybridized carbons (Fsp3) is 0.182. The van der Waals surface area contributed by atoms with Crippen molar-refractivity contribution in [3.63, 3.8) is 0 Å². The summed E-state index contributed by atoms with van der Waals surface area (Å²) in [6.07, 6.45) is 5.04. The average molecular weight is 318 g/mol. The van der Waals surface area contributed by atoms with Crippen molar-refractivity contribution in [2.75, 3.05) is 13.2 Å². The molecule has 0 bridgehead atoms. The number of imidazole rings is 1. The van der Waals surface area contributed by atoms with E-state index in [4.69, 9.17) is 16.3 Å². The summed E-state index contributed by atoms with van der Waals surface area (Å²) in [5.41, 5.74) is 0.761. The van der Waals surface area contributed by atoms with E-state index >= 15 is 0 Å². The second kappa shape index (κ2) is 6.23. The lowest BCUT2D eigenvalue weighted by atomic mass is 10.3. The van der Waals surface area contributed by atoms with Crippen LogP contribution in [0.1, 0.15) is 0 Å². The molecule has 0 aliphatic heterocycles. The van der Waals surface area contributed by atoms with Gasteiger partial charge in [0.05, 0.1) is 17.0 Å². The van der Waals surface area contributed by atoms with Gasteiger partial charge >= 0.3 is 10.3 Å². The highest BCUT2D eigenvalue weighted by molar-refractivity contribution is 7.84. The maximum Gasteiger partial charge on any atom is 0.333 e. The topological polar surface area (TPSA) is 96.4 Å². The van der Waals surface area contributed by atoms with E-state index in [-0.39, 0.29) is 13.2 Å². The van der Waals surface area contributed by atoms with Crippen LogP contribution in [0.25, 0.3) is 5.69 Å². The highest BCUT2D eigenvalue weighted by atomic mass is 35.5. The zero-order valence-electron chi connectivity index (χ0n) is 10.3. The summed E-state index contributed by atoms with van der Waals surface area (Å²) in [7, 11) is -3.94. The zero-order valence-corrected chi connectivity index (χ0v) is 11.8. The van der Waals surface area contributed by atoms with Gasteiger partial charge in [0.15, 0.2) is 0 Å². The van der Waals surface area contributed by atoms with Gasteiger partial charge < -0.3 is 9.30 Å². The van der Waals surface area contributed by atoms with Gasteiger partial charge in [0.25, 0.3) is 0 Å². The van der Waals surface area contributed by atoms with E-state index in [0.717, 1.165) is 5.69 Å². The number of nitrogens with zero attached hydrogens (tertiary/aromatic N) is 2. The van der Waals surface area contributed by atoms with Gasteiger partial charge in [-0.05, 0) is 12.1 Å². The summed E-state index contributed by atoms with van der Waals surface area (Å²) >= 11 is 6.13. The minimum absolute atomic E-state index is 0.0389. The summed E-state index contributed by atoms with van der Waals surface area (Å²) in [5.74, 6) is 0.497. The van der Waals surface area contributed by atoms with Gasteiger partial charge in [-0.1, -0.05) is 11.6 Å². The summed E-state index contributed by atoms with van der Waals surface area (Å²) in [6.45, 7) is -0.128. The predicted molar refractivity (Wildman–Crippen MR) is 73.1 cm³/mol. The molecule has 0 unspecified atom stereocenters. The smallest absolute Gasteiger partial charge is 0.333 e. The van der Waals surface area contributed by atoms with Crippen LogP contribution < -0.4 is 9.88 Å². The van der Waals surface area contributed by atoms with Gasteiger partial charge in [-0.3, -0.25) is 4.18 Å². The fourth-order valence-electron chi connectivity index (χ4n) is 1.50. The third-order valence-corrected chi connectivity index (χ3v) is 3.10.